The van der Waals surface area contributed by atoms with E-state index < -0.39 is 28.4 Å². The molecule has 0 spiro atoms. The number of nitrogens with two attached hydrogens (primary N) is 1. The molecule has 2 N–H and O–H groups in total. The van der Waals surface area contributed by atoms with Gasteiger partial charge in [-0.3, -0.25) is 4.79 Å². The first-order valence-electron chi connectivity index (χ1n) is 9.36. The summed E-state index contributed by atoms with van der Waals surface area (Å²) >= 11 is 0. The topological polar surface area (TPSA) is 140 Å². The van der Waals surface area contributed by atoms with Crippen LogP contribution < -0.4 is 10.5 Å². The Morgan fingerprint density at radius 3 is 2.38 bits per heavy atom. The van der Waals surface area contributed by atoms with Crippen molar-refractivity contribution in [2.45, 2.75) is 18.4 Å². The fraction of sp³-hybridized carbons (Fsp3) is 0.227. The molecular formula is C22H23N3O6S. The molecule has 0 aliphatic heterocycles. The zero-order chi connectivity index (χ0) is 23.9. The van der Waals surface area contributed by atoms with E-state index in [9.17, 15) is 18.0 Å². The number of nitrogens with zero attached hydrogens (tertiary/aromatic N) is 2. The van der Waals surface area contributed by atoms with Crippen LogP contribution in [0.5, 0.6) is 5.75 Å². The van der Waals surface area contributed by atoms with E-state index in [1.54, 1.807) is 30.3 Å². The van der Waals surface area contributed by atoms with Crippen LogP contribution in [-0.4, -0.2) is 45.2 Å². The van der Waals surface area contributed by atoms with Crippen LogP contribution in [0.3, 0.4) is 0 Å². The van der Waals surface area contributed by atoms with E-state index in [1.165, 1.54) is 33.2 Å². The number of benzene rings is 2. The SMILES string of the molecule is COc1ccc(C(=O)OCC(=O)/C(C#N)=C(\C)N)cc1S(=O)(=O)N(C)Cc1ccccc1. The van der Waals surface area contributed by atoms with Gasteiger partial charge in [0, 0.05) is 19.3 Å². The molecule has 0 fully saturated rings. The molecule has 32 heavy (non-hydrogen) atoms. The van der Waals surface area contributed by atoms with Crippen molar-refractivity contribution in [1.82, 2.24) is 4.31 Å². The number of hydrogen-bond acceptors (Lipinski definition) is 8. The molecule has 0 radical (unpaired) electrons. The van der Waals surface area contributed by atoms with Crippen molar-refractivity contribution in [2.75, 3.05) is 20.8 Å². The lowest BCUT2D eigenvalue weighted by molar-refractivity contribution is -0.118. The van der Waals surface area contributed by atoms with Crippen molar-refractivity contribution in [1.29, 1.82) is 5.26 Å². The third-order valence-corrected chi connectivity index (χ3v) is 6.28. The Bertz CT molecular complexity index is 1180. The molecule has 0 unspecified atom stereocenters. The van der Waals surface area contributed by atoms with Crippen molar-refractivity contribution in [3.05, 3.63) is 70.9 Å². The standard InChI is InChI=1S/C22H23N3O6S/c1-15(24)18(12-23)19(26)14-31-22(27)17-9-10-20(30-3)21(11-17)32(28,29)25(2)13-16-7-5-4-6-8-16/h4-11H,13-14,24H2,1-3H3/b18-15+. The molecule has 0 atom stereocenters. The second kappa shape index (κ2) is 10.6. The van der Waals surface area contributed by atoms with Gasteiger partial charge in [-0.1, -0.05) is 30.3 Å². The van der Waals surface area contributed by atoms with Gasteiger partial charge >= 0.3 is 5.97 Å². The van der Waals surface area contributed by atoms with E-state index in [4.69, 9.17) is 20.5 Å². The second-order valence-electron chi connectivity index (χ2n) is 6.78. The summed E-state index contributed by atoms with van der Waals surface area (Å²) in [6, 6.07) is 14.4. The van der Waals surface area contributed by atoms with Gasteiger partial charge in [-0.05, 0) is 30.7 Å². The summed E-state index contributed by atoms with van der Waals surface area (Å²) in [5, 5.41) is 8.96. The summed E-state index contributed by atoms with van der Waals surface area (Å²) in [7, 11) is -1.30. The number of hydrogen-bond donors (Lipinski definition) is 1. The van der Waals surface area contributed by atoms with E-state index in [1.807, 2.05) is 6.07 Å². The van der Waals surface area contributed by atoms with Crippen LogP contribution in [0.1, 0.15) is 22.8 Å². The lowest BCUT2D eigenvalue weighted by Crippen LogP contribution is -2.27. The quantitative estimate of drug-likeness (QED) is 0.343. The number of carbonyl (C=O) groups is 2. The van der Waals surface area contributed by atoms with Crippen molar-refractivity contribution in [2.24, 2.45) is 5.73 Å². The minimum atomic E-state index is -4.03. The van der Waals surface area contributed by atoms with Gasteiger partial charge in [0.25, 0.3) is 0 Å². The summed E-state index contributed by atoms with van der Waals surface area (Å²) in [4.78, 5) is 24.2. The summed E-state index contributed by atoms with van der Waals surface area (Å²) < 4.78 is 37.5. The molecule has 0 aliphatic rings. The van der Waals surface area contributed by atoms with Crippen LogP contribution in [0.25, 0.3) is 0 Å². The second-order valence-corrected chi connectivity index (χ2v) is 8.79. The molecule has 2 rings (SSSR count). The number of ketones is 1. The number of esters is 1. The van der Waals surface area contributed by atoms with Gasteiger partial charge in [0.15, 0.2) is 6.61 Å². The van der Waals surface area contributed by atoms with E-state index in [0.717, 1.165) is 15.9 Å². The van der Waals surface area contributed by atoms with Gasteiger partial charge in [-0.15, -0.1) is 0 Å². The van der Waals surface area contributed by atoms with Crippen LogP contribution in [-0.2, 0) is 26.1 Å². The maximum absolute atomic E-state index is 13.1. The molecule has 0 bridgehead atoms. The van der Waals surface area contributed by atoms with E-state index in [-0.39, 0.29) is 34.0 Å². The molecule has 0 aliphatic carbocycles. The molecule has 0 aromatic heterocycles. The van der Waals surface area contributed by atoms with Gasteiger partial charge in [0.1, 0.15) is 22.3 Å². The van der Waals surface area contributed by atoms with Gasteiger partial charge in [-0.25, -0.2) is 13.2 Å². The number of carbonyl (C=O) groups excluding carboxylic acids is 2. The third kappa shape index (κ3) is 5.72. The highest BCUT2D eigenvalue weighted by molar-refractivity contribution is 7.89. The fourth-order valence-electron chi connectivity index (χ4n) is 2.76. The van der Waals surface area contributed by atoms with Crippen molar-refractivity contribution >= 4 is 21.8 Å². The number of allylic oxidation sites excluding steroid dienone is 1. The van der Waals surface area contributed by atoms with Gasteiger partial charge in [0.05, 0.1) is 12.7 Å². The Kier molecular flexibility index (Phi) is 8.12. The average Bonchev–Trinajstić information content (AvgIpc) is 2.77. The normalized spacial score (nSPS) is 12.0. The van der Waals surface area contributed by atoms with Crippen molar-refractivity contribution in [3.63, 3.8) is 0 Å². The van der Waals surface area contributed by atoms with Gasteiger partial charge in [0.2, 0.25) is 15.8 Å². The number of Topliss-reactive ketones (excluding diaryl/α,β-unsaturated/α-hetero) is 1. The number of methoxy groups -OCH3 is 1. The fourth-order valence-corrected chi connectivity index (χ4v) is 4.09. The molecule has 2 aromatic rings. The van der Waals surface area contributed by atoms with Crippen LogP contribution in [0.2, 0.25) is 0 Å². The minimum Gasteiger partial charge on any atom is -0.495 e. The number of ether oxygens (including phenoxy) is 2. The van der Waals surface area contributed by atoms with Crippen molar-refractivity contribution < 1.29 is 27.5 Å². The predicted octanol–water partition coefficient (Wildman–Crippen LogP) is 2.00. The van der Waals surface area contributed by atoms with Gasteiger partial charge in [-0.2, -0.15) is 9.57 Å². The molecule has 10 heteroatoms. The first kappa shape index (κ1) is 24.6. The molecule has 2 aromatic carbocycles. The summed E-state index contributed by atoms with van der Waals surface area (Å²) in [6.45, 7) is 0.778. The van der Waals surface area contributed by atoms with Crippen LogP contribution in [0.15, 0.2) is 64.7 Å². The van der Waals surface area contributed by atoms with Crippen LogP contribution in [0, 0.1) is 11.3 Å². The van der Waals surface area contributed by atoms with Gasteiger partial charge < -0.3 is 15.2 Å². The van der Waals surface area contributed by atoms with E-state index >= 15 is 0 Å². The number of nitriles is 1. The zero-order valence-corrected chi connectivity index (χ0v) is 18.7. The van der Waals surface area contributed by atoms with Crippen LogP contribution >= 0.6 is 0 Å². The summed E-state index contributed by atoms with van der Waals surface area (Å²) in [6.07, 6.45) is 0. The zero-order valence-electron chi connectivity index (χ0n) is 17.9. The molecule has 0 heterocycles. The Morgan fingerprint density at radius 1 is 1.16 bits per heavy atom. The van der Waals surface area contributed by atoms with E-state index in [2.05, 4.69) is 0 Å². The summed E-state index contributed by atoms with van der Waals surface area (Å²) in [5.74, 6) is -1.65. The third-order valence-electron chi connectivity index (χ3n) is 4.45. The minimum absolute atomic E-state index is 0.00725. The smallest absolute Gasteiger partial charge is 0.338 e. The Balaban J connectivity index is 2.28. The first-order valence-corrected chi connectivity index (χ1v) is 10.8. The monoisotopic (exact) mass is 457 g/mol. The summed E-state index contributed by atoms with van der Waals surface area (Å²) in [5.41, 5.74) is 5.84. The predicted molar refractivity (Wildman–Crippen MR) is 116 cm³/mol. The average molecular weight is 458 g/mol. The molecule has 0 saturated carbocycles. The maximum Gasteiger partial charge on any atom is 0.338 e. The number of rotatable bonds is 9. The molecule has 0 saturated heterocycles. The molecule has 168 valence electrons. The van der Waals surface area contributed by atoms with E-state index in [0.29, 0.717) is 0 Å². The highest BCUT2D eigenvalue weighted by atomic mass is 32.2. The Hall–Kier alpha value is -3.68. The number of sulfonamides is 1. The molecule has 9 nitrogen and oxygen atoms in total. The maximum atomic E-state index is 13.1. The lowest BCUT2D eigenvalue weighted by Gasteiger charge is -2.19. The first-order chi connectivity index (χ1) is 15.1. The Morgan fingerprint density at radius 2 is 1.81 bits per heavy atom. The highest BCUT2D eigenvalue weighted by Crippen LogP contribution is 2.28. The molecule has 0 amide bonds. The molecular weight excluding hydrogens is 434 g/mol. The highest BCUT2D eigenvalue weighted by Gasteiger charge is 2.27. The van der Waals surface area contributed by atoms with Crippen molar-refractivity contribution in [3.8, 4) is 11.8 Å². The largest absolute Gasteiger partial charge is 0.495 e. The lowest BCUT2D eigenvalue weighted by atomic mass is 10.1. The van der Waals surface area contributed by atoms with Crippen LogP contribution in [0.4, 0.5) is 0 Å². The Labute approximate surface area is 186 Å².